The van der Waals surface area contributed by atoms with Crippen molar-refractivity contribution in [3.8, 4) is 0 Å². The van der Waals surface area contributed by atoms with Gasteiger partial charge in [-0.2, -0.15) is 0 Å². The molecule has 0 aromatic carbocycles. The Balaban J connectivity index is 0. The summed E-state index contributed by atoms with van der Waals surface area (Å²) in [7, 11) is 0. The predicted octanol–water partition coefficient (Wildman–Crippen LogP) is 21.7. The van der Waals surface area contributed by atoms with E-state index >= 15 is 0 Å². The third kappa shape index (κ3) is 47.5. The third-order valence-corrected chi connectivity index (χ3v) is 12.8. The fourth-order valence-corrected chi connectivity index (χ4v) is 8.28. The summed E-state index contributed by atoms with van der Waals surface area (Å²) in [5, 5.41) is 0. The number of allylic oxidation sites excluding steroid dienone is 12. The molecule has 0 aromatic rings. The average Bonchev–Trinajstić information content (AvgIpc) is 3.15. The van der Waals surface area contributed by atoms with Crippen LogP contribution in [0.3, 0.4) is 0 Å². The lowest BCUT2D eigenvalue weighted by molar-refractivity contribution is 0.369. The van der Waals surface area contributed by atoms with Crippen LogP contribution in [0, 0.1) is 35.5 Å². The highest BCUT2D eigenvalue weighted by Crippen LogP contribution is 2.25. The van der Waals surface area contributed by atoms with Crippen molar-refractivity contribution in [3.63, 3.8) is 0 Å². The van der Waals surface area contributed by atoms with E-state index in [4.69, 9.17) is 0 Å². The van der Waals surface area contributed by atoms with E-state index in [1.807, 2.05) is 0 Å². The Morgan fingerprint density at radius 2 is 0.483 bits per heavy atom. The van der Waals surface area contributed by atoms with Crippen molar-refractivity contribution in [2.75, 3.05) is 0 Å². The summed E-state index contributed by atoms with van der Waals surface area (Å²) in [6.45, 7) is 37.1. The molecule has 4 atom stereocenters. The largest absolute Gasteiger partial charge is 0.0856 e. The van der Waals surface area contributed by atoms with E-state index in [0.717, 1.165) is 35.5 Å². The van der Waals surface area contributed by atoms with E-state index in [1.165, 1.54) is 200 Å². The Bertz CT molecular complexity index is 1060. The van der Waals surface area contributed by atoms with Gasteiger partial charge in [-0.15, -0.1) is 0 Å². The van der Waals surface area contributed by atoms with Crippen LogP contribution in [-0.2, 0) is 0 Å². The quantitative estimate of drug-likeness (QED) is 0.0436. The van der Waals surface area contributed by atoms with Gasteiger partial charge in [0, 0.05) is 0 Å². The molecule has 0 aliphatic heterocycles. The average molecular weight is 834 g/mol. The van der Waals surface area contributed by atoms with Gasteiger partial charge < -0.3 is 0 Å². The van der Waals surface area contributed by atoms with Crippen molar-refractivity contribution in [3.05, 3.63) is 69.9 Å². The van der Waals surface area contributed by atoms with Crippen LogP contribution in [-0.4, -0.2) is 0 Å². The maximum Gasteiger partial charge on any atom is -0.0288 e. The molecule has 0 N–H and O–H groups in total. The molecule has 4 unspecified atom stereocenters. The summed E-state index contributed by atoms with van der Waals surface area (Å²) in [4.78, 5) is 0. The van der Waals surface area contributed by atoms with Gasteiger partial charge in [0.15, 0.2) is 0 Å². The molecule has 0 bridgehead atoms. The molecule has 0 radical (unpaired) electrons. The summed E-state index contributed by atoms with van der Waals surface area (Å²) in [5.74, 6) is 5.51. The van der Waals surface area contributed by atoms with Crippen molar-refractivity contribution in [1.82, 2.24) is 0 Å². The number of hydrogen-bond donors (Lipinski definition) is 0. The second-order valence-electron chi connectivity index (χ2n) is 21.7. The first-order chi connectivity index (χ1) is 28.4. The zero-order valence-electron chi connectivity index (χ0n) is 44.3. The van der Waals surface area contributed by atoms with Crippen molar-refractivity contribution in [2.24, 2.45) is 35.5 Å². The first kappa shape index (κ1) is 60.5. The fraction of sp³-hybridized carbons (Fsp3) is 0.800. The molecule has 0 aliphatic rings. The predicted molar refractivity (Wildman–Crippen MR) is 280 cm³/mol. The highest BCUT2D eigenvalue weighted by molar-refractivity contribution is 5.08. The SMILES string of the molecule is CC(C)=CCC/C(C)=C\CC/C(C)=C/CC/C=C(\C)CC/C=C(\C)CCC=C(C)C.CC(C)CCCC(C)CCCC(C)CCCCC(C)CCCC(C)CCCC(C)C. The van der Waals surface area contributed by atoms with Crippen LogP contribution in [0.2, 0.25) is 0 Å². The summed E-state index contributed by atoms with van der Waals surface area (Å²) in [6, 6.07) is 0. The molecule has 0 heterocycles. The summed E-state index contributed by atoms with van der Waals surface area (Å²) >= 11 is 0. The summed E-state index contributed by atoms with van der Waals surface area (Å²) in [5.41, 5.74) is 8.97. The first-order valence-corrected chi connectivity index (χ1v) is 26.3. The van der Waals surface area contributed by atoms with Gasteiger partial charge in [-0.05, 0) is 155 Å². The molecular formula is C60H112. The lowest BCUT2D eigenvalue weighted by atomic mass is 9.90. The Labute approximate surface area is 381 Å². The van der Waals surface area contributed by atoms with Crippen LogP contribution in [0.4, 0.5) is 0 Å². The summed E-state index contributed by atoms with van der Waals surface area (Å²) < 4.78 is 0. The highest BCUT2D eigenvalue weighted by atomic mass is 14.2. The Hall–Kier alpha value is -1.56. The molecule has 0 fully saturated rings. The number of hydrogen-bond acceptors (Lipinski definition) is 0. The minimum Gasteiger partial charge on any atom is -0.0856 e. The lowest BCUT2D eigenvalue weighted by Crippen LogP contribution is -2.01. The second kappa shape index (κ2) is 41.5. The van der Waals surface area contributed by atoms with E-state index in [9.17, 15) is 0 Å². The maximum absolute atomic E-state index is 2.49. The van der Waals surface area contributed by atoms with Crippen molar-refractivity contribution in [2.45, 2.75) is 278 Å². The molecule has 352 valence electrons. The molecule has 0 aromatic heterocycles. The Morgan fingerprint density at radius 1 is 0.267 bits per heavy atom. The van der Waals surface area contributed by atoms with Crippen LogP contribution in [0.1, 0.15) is 278 Å². The minimum atomic E-state index is 0.878. The molecule has 0 saturated heterocycles. The molecule has 0 aliphatic carbocycles. The van der Waals surface area contributed by atoms with Gasteiger partial charge in [-0.1, -0.05) is 228 Å². The van der Waals surface area contributed by atoms with Crippen LogP contribution in [0.5, 0.6) is 0 Å². The zero-order valence-corrected chi connectivity index (χ0v) is 44.3. The molecule has 0 spiro atoms. The van der Waals surface area contributed by atoms with Crippen LogP contribution in [0.25, 0.3) is 0 Å². The number of rotatable bonds is 36. The Kier molecular flexibility index (Phi) is 41.8. The standard InChI is InChI=1S/C30H62.C30H50/c2*1-25(2)15-11-19-29(7)23-13-21-27(5)17-9-10-18-28(6)22-14-24-30(8)20-12-16-26(3)4/h25-30H,9-24H2,1-8H3;15-18,23-24H,9-14,19-22H2,1-8H3/b;27-17+,28-18+,29-23-,30-24+. The normalized spacial score (nSPS) is 14.8. The maximum atomic E-state index is 2.49. The monoisotopic (exact) mass is 833 g/mol. The van der Waals surface area contributed by atoms with Crippen molar-refractivity contribution in [1.29, 1.82) is 0 Å². The van der Waals surface area contributed by atoms with Gasteiger partial charge in [-0.3, -0.25) is 0 Å². The molecule has 0 amide bonds. The van der Waals surface area contributed by atoms with Gasteiger partial charge in [0.25, 0.3) is 0 Å². The van der Waals surface area contributed by atoms with Crippen molar-refractivity contribution < 1.29 is 0 Å². The van der Waals surface area contributed by atoms with Crippen LogP contribution < -0.4 is 0 Å². The van der Waals surface area contributed by atoms with Gasteiger partial charge in [0.2, 0.25) is 0 Å². The third-order valence-electron chi connectivity index (χ3n) is 12.8. The van der Waals surface area contributed by atoms with Crippen LogP contribution in [0.15, 0.2) is 69.9 Å². The molecular weight excluding hydrogens is 721 g/mol. The van der Waals surface area contributed by atoms with Gasteiger partial charge in [-0.25, -0.2) is 0 Å². The van der Waals surface area contributed by atoms with E-state index in [2.05, 4.69) is 147 Å². The van der Waals surface area contributed by atoms with Gasteiger partial charge in [0.05, 0.1) is 0 Å². The van der Waals surface area contributed by atoms with E-state index in [0.29, 0.717) is 0 Å². The zero-order chi connectivity index (χ0) is 45.6. The summed E-state index contributed by atoms with van der Waals surface area (Å²) in [6.07, 6.45) is 49.4. The fourth-order valence-electron chi connectivity index (χ4n) is 8.28. The molecule has 60 heavy (non-hydrogen) atoms. The van der Waals surface area contributed by atoms with Gasteiger partial charge in [0.1, 0.15) is 0 Å². The molecule has 0 nitrogen and oxygen atoms in total. The lowest BCUT2D eigenvalue weighted by Gasteiger charge is -2.16. The minimum absolute atomic E-state index is 0.878. The van der Waals surface area contributed by atoms with E-state index in [-0.39, 0.29) is 0 Å². The van der Waals surface area contributed by atoms with Crippen LogP contribution >= 0.6 is 0 Å². The Morgan fingerprint density at radius 3 is 0.733 bits per heavy atom. The van der Waals surface area contributed by atoms with Crippen molar-refractivity contribution >= 4 is 0 Å². The molecule has 0 saturated carbocycles. The smallest absolute Gasteiger partial charge is 0.0288 e. The first-order valence-electron chi connectivity index (χ1n) is 26.3. The topological polar surface area (TPSA) is 0 Å². The molecule has 0 rings (SSSR count). The van der Waals surface area contributed by atoms with Gasteiger partial charge >= 0.3 is 0 Å². The number of unbranched alkanes of at least 4 members (excludes halogenated alkanes) is 2. The van der Waals surface area contributed by atoms with E-state index < -0.39 is 0 Å². The second-order valence-corrected chi connectivity index (χ2v) is 21.7. The highest BCUT2D eigenvalue weighted by Gasteiger charge is 2.09. The van der Waals surface area contributed by atoms with E-state index in [1.54, 1.807) is 0 Å². The molecule has 0 heteroatoms.